The van der Waals surface area contributed by atoms with Crippen LogP contribution in [0.5, 0.6) is 17.2 Å². The third kappa shape index (κ3) is 4.40. The van der Waals surface area contributed by atoms with E-state index in [0.29, 0.717) is 18.6 Å². The Morgan fingerprint density at radius 1 is 0.758 bits per heavy atom. The predicted octanol–water partition coefficient (Wildman–Crippen LogP) is 5.49. The molecular formula is C28H25NO4. The molecule has 0 radical (unpaired) electrons. The molecule has 5 rings (SSSR count). The SMILES string of the molecule is COc1ccc([C@@H]2CC(=O)C3=C(C2)NC(=O)C[C@H]3c2cccc(Oc3ccccc3)c2)cc1. The summed E-state index contributed by atoms with van der Waals surface area (Å²) < 4.78 is 11.2. The molecule has 166 valence electrons. The molecule has 0 saturated carbocycles. The molecular weight excluding hydrogens is 414 g/mol. The summed E-state index contributed by atoms with van der Waals surface area (Å²) in [5.74, 6) is 2.02. The van der Waals surface area contributed by atoms with E-state index in [4.69, 9.17) is 9.47 Å². The fourth-order valence-electron chi connectivity index (χ4n) is 4.78. The first-order valence-corrected chi connectivity index (χ1v) is 11.1. The lowest BCUT2D eigenvalue weighted by Crippen LogP contribution is -2.38. The summed E-state index contributed by atoms with van der Waals surface area (Å²) in [6, 6.07) is 25.1. The summed E-state index contributed by atoms with van der Waals surface area (Å²) in [7, 11) is 1.63. The van der Waals surface area contributed by atoms with Crippen LogP contribution in [-0.2, 0) is 9.59 Å². The van der Waals surface area contributed by atoms with Crippen molar-refractivity contribution in [2.45, 2.75) is 31.1 Å². The third-order valence-corrected chi connectivity index (χ3v) is 6.36. The number of carbonyl (C=O) groups is 2. The maximum atomic E-state index is 13.3. The van der Waals surface area contributed by atoms with E-state index < -0.39 is 0 Å². The van der Waals surface area contributed by atoms with Crippen LogP contribution >= 0.6 is 0 Å². The maximum Gasteiger partial charge on any atom is 0.225 e. The lowest BCUT2D eigenvalue weighted by atomic mass is 9.73. The molecule has 0 fully saturated rings. The Kier molecular flexibility index (Phi) is 5.69. The second kappa shape index (κ2) is 8.94. The smallest absolute Gasteiger partial charge is 0.225 e. The zero-order valence-corrected chi connectivity index (χ0v) is 18.4. The second-order valence-electron chi connectivity index (χ2n) is 8.49. The number of methoxy groups -OCH3 is 1. The first-order valence-electron chi connectivity index (χ1n) is 11.1. The average molecular weight is 440 g/mol. The van der Waals surface area contributed by atoms with Crippen molar-refractivity contribution in [1.29, 1.82) is 0 Å². The Morgan fingerprint density at radius 3 is 2.27 bits per heavy atom. The van der Waals surface area contributed by atoms with Gasteiger partial charge in [-0.2, -0.15) is 0 Å². The molecule has 1 heterocycles. The molecule has 2 atom stereocenters. The molecule has 3 aromatic carbocycles. The normalized spacial score (nSPS) is 20.2. The van der Waals surface area contributed by atoms with Crippen LogP contribution in [0.3, 0.4) is 0 Å². The summed E-state index contributed by atoms with van der Waals surface area (Å²) in [6.07, 6.45) is 1.32. The summed E-state index contributed by atoms with van der Waals surface area (Å²) in [6.45, 7) is 0. The van der Waals surface area contributed by atoms with Crippen molar-refractivity contribution in [2.24, 2.45) is 0 Å². The highest BCUT2D eigenvalue weighted by atomic mass is 16.5. The van der Waals surface area contributed by atoms with Gasteiger partial charge in [-0.05, 0) is 59.9 Å². The van der Waals surface area contributed by atoms with Crippen molar-refractivity contribution >= 4 is 11.7 Å². The molecule has 0 spiro atoms. The zero-order valence-electron chi connectivity index (χ0n) is 18.4. The Balaban J connectivity index is 1.44. The number of hydrogen-bond acceptors (Lipinski definition) is 4. The topological polar surface area (TPSA) is 64.6 Å². The van der Waals surface area contributed by atoms with Gasteiger partial charge in [0.05, 0.1) is 7.11 Å². The number of nitrogens with one attached hydrogen (secondary N) is 1. The minimum atomic E-state index is -0.266. The van der Waals surface area contributed by atoms with Crippen LogP contribution < -0.4 is 14.8 Å². The van der Waals surface area contributed by atoms with Crippen LogP contribution in [0.2, 0.25) is 0 Å². The van der Waals surface area contributed by atoms with Gasteiger partial charge >= 0.3 is 0 Å². The third-order valence-electron chi connectivity index (χ3n) is 6.36. The van der Waals surface area contributed by atoms with Crippen LogP contribution in [0.1, 0.15) is 42.2 Å². The highest BCUT2D eigenvalue weighted by Gasteiger charge is 2.38. The first-order chi connectivity index (χ1) is 16.1. The quantitative estimate of drug-likeness (QED) is 0.571. The van der Waals surface area contributed by atoms with Gasteiger partial charge in [0.15, 0.2) is 5.78 Å². The molecule has 1 aliphatic carbocycles. The summed E-state index contributed by atoms with van der Waals surface area (Å²) in [5.41, 5.74) is 3.48. The summed E-state index contributed by atoms with van der Waals surface area (Å²) in [5, 5.41) is 2.99. The Bertz CT molecular complexity index is 1210. The Labute approximate surface area is 193 Å². The maximum absolute atomic E-state index is 13.3. The fourth-order valence-corrected chi connectivity index (χ4v) is 4.78. The minimum Gasteiger partial charge on any atom is -0.497 e. The number of allylic oxidation sites excluding steroid dienone is 2. The molecule has 1 aliphatic heterocycles. The lowest BCUT2D eigenvalue weighted by molar-refractivity contribution is -0.122. The van der Waals surface area contributed by atoms with Crippen molar-refractivity contribution in [3.8, 4) is 17.2 Å². The van der Waals surface area contributed by atoms with Crippen LogP contribution in [0, 0.1) is 0 Å². The minimum absolute atomic E-state index is 0.0361. The van der Waals surface area contributed by atoms with Gasteiger partial charge in [0, 0.05) is 30.0 Å². The molecule has 33 heavy (non-hydrogen) atoms. The van der Waals surface area contributed by atoms with E-state index in [-0.39, 0.29) is 29.9 Å². The Hall–Kier alpha value is -3.86. The second-order valence-corrected chi connectivity index (χ2v) is 8.49. The van der Waals surface area contributed by atoms with Crippen LogP contribution in [-0.4, -0.2) is 18.8 Å². The zero-order chi connectivity index (χ0) is 22.8. The number of amides is 1. The van der Waals surface area contributed by atoms with Crippen LogP contribution in [0.15, 0.2) is 90.1 Å². The average Bonchev–Trinajstić information content (AvgIpc) is 2.84. The number of hydrogen-bond donors (Lipinski definition) is 1. The summed E-state index contributed by atoms with van der Waals surface area (Å²) >= 11 is 0. The number of Topliss-reactive ketones (excluding diaryl/α,β-unsaturated/α-hetero) is 1. The van der Waals surface area contributed by atoms with Crippen molar-refractivity contribution in [2.75, 3.05) is 7.11 Å². The molecule has 2 aliphatic rings. The monoisotopic (exact) mass is 439 g/mol. The molecule has 5 heteroatoms. The first kappa shape index (κ1) is 21.0. The molecule has 0 bridgehead atoms. The predicted molar refractivity (Wildman–Crippen MR) is 125 cm³/mol. The van der Waals surface area contributed by atoms with Gasteiger partial charge in [0.2, 0.25) is 5.91 Å². The van der Waals surface area contributed by atoms with Gasteiger partial charge in [-0.15, -0.1) is 0 Å². The highest BCUT2D eigenvalue weighted by molar-refractivity contribution is 6.02. The number of rotatable bonds is 5. The Morgan fingerprint density at radius 2 is 1.52 bits per heavy atom. The highest BCUT2D eigenvalue weighted by Crippen LogP contribution is 2.43. The van der Waals surface area contributed by atoms with Crippen LogP contribution in [0.25, 0.3) is 0 Å². The molecule has 0 unspecified atom stereocenters. The standard InChI is InChI=1S/C28H25NO4/c1-32-21-12-10-18(11-13-21)20-15-25-28(26(30)16-20)24(17-27(31)29-25)19-6-5-9-23(14-19)33-22-7-3-2-4-8-22/h2-14,20,24H,15-17H2,1H3,(H,29,31)/t20-,24-/m0/s1. The van der Waals surface area contributed by atoms with Crippen molar-refractivity contribution in [3.05, 3.63) is 101 Å². The van der Waals surface area contributed by atoms with E-state index in [1.807, 2.05) is 78.9 Å². The van der Waals surface area contributed by atoms with Gasteiger partial charge in [0.25, 0.3) is 0 Å². The van der Waals surface area contributed by atoms with E-state index in [2.05, 4.69) is 5.32 Å². The molecule has 5 nitrogen and oxygen atoms in total. The van der Waals surface area contributed by atoms with Gasteiger partial charge in [0.1, 0.15) is 17.2 Å². The van der Waals surface area contributed by atoms with Crippen LogP contribution in [0.4, 0.5) is 0 Å². The summed E-state index contributed by atoms with van der Waals surface area (Å²) in [4.78, 5) is 25.9. The van der Waals surface area contributed by atoms with Gasteiger partial charge in [-0.25, -0.2) is 0 Å². The van der Waals surface area contributed by atoms with Crippen molar-refractivity contribution < 1.29 is 19.1 Å². The lowest BCUT2D eigenvalue weighted by Gasteiger charge is -2.34. The van der Waals surface area contributed by atoms with Gasteiger partial charge in [-0.3, -0.25) is 9.59 Å². The van der Waals surface area contributed by atoms with E-state index in [0.717, 1.165) is 33.9 Å². The van der Waals surface area contributed by atoms with Crippen molar-refractivity contribution in [3.63, 3.8) is 0 Å². The van der Waals surface area contributed by atoms with E-state index in [1.165, 1.54) is 0 Å². The number of ketones is 1. The number of benzene rings is 3. The molecule has 3 aromatic rings. The number of carbonyl (C=O) groups excluding carboxylic acids is 2. The van der Waals surface area contributed by atoms with Gasteiger partial charge in [-0.1, -0.05) is 42.5 Å². The van der Waals surface area contributed by atoms with E-state index in [9.17, 15) is 9.59 Å². The van der Waals surface area contributed by atoms with E-state index in [1.54, 1.807) is 7.11 Å². The molecule has 1 amide bonds. The molecule has 1 N–H and O–H groups in total. The van der Waals surface area contributed by atoms with Gasteiger partial charge < -0.3 is 14.8 Å². The fraction of sp³-hybridized carbons (Fsp3) is 0.214. The number of ether oxygens (including phenoxy) is 2. The molecule has 0 aromatic heterocycles. The van der Waals surface area contributed by atoms with E-state index >= 15 is 0 Å². The largest absolute Gasteiger partial charge is 0.497 e. The van der Waals surface area contributed by atoms with Crippen molar-refractivity contribution in [1.82, 2.24) is 5.32 Å². The number of para-hydroxylation sites is 1. The molecule has 0 saturated heterocycles.